The summed E-state index contributed by atoms with van der Waals surface area (Å²) >= 11 is 7.55. The van der Waals surface area contributed by atoms with E-state index in [1.54, 1.807) is 29.8 Å². The number of thioether (sulfide) groups is 1. The van der Waals surface area contributed by atoms with E-state index in [9.17, 15) is 9.90 Å². The molecule has 0 aromatic heterocycles. The van der Waals surface area contributed by atoms with Crippen LogP contribution in [0.1, 0.15) is 15.9 Å². The number of aromatic hydroxyl groups is 1. The topological polar surface area (TPSA) is 40.5 Å². The Morgan fingerprint density at radius 1 is 1.24 bits per heavy atom. The van der Waals surface area contributed by atoms with Crippen molar-refractivity contribution in [3.63, 3.8) is 0 Å². The van der Waals surface area contributed by atoms with E-state index in [1.165, 1.54) is 17.0 Å². The molecule has 1 N–H and O–H groups in total. The van der Waals surface area contributed by atoms with Crippen LogP contribution in [0.15, 0.2) is 47.4 Å². The number of halogens is 1. The zero-order valence-corrected chi connectivity index (χ0v) is 13.4. The number of phenols is 1. The highest BCUT2D eigenvalue weighted by molar-refractivity contribution is 7.98. The van der Waals surface area contributed by atoms with Crippen molar-refractivity contribution in [1.29, 1.82) is 0 Å². The van der Waals surface area contributed by atoms with Crippen molar-refractivity contribution in [2.75, 3.05) is 13.3 Å². The Hall–Kier alpha value is -1.65. The molecule has 0 aliphatic rings. The predicted molar refractivity (Wildman–Crippen MR) is 87.1 cm³/mol. The van der Waals surface area contributed by atoms with Gasteiger partial charge < -0.3 is 10.0 Å². The Bertz CT molecular complexity index is 643. The molecule has 0 saturated carbocycles. The van der Waals surface area contributed by atoms with Gasteiger partial charge in [-0.15, -0.1) is 11.8 Å². The third-order valence-corrected chi connectivity index (χ3v) is 4.09. The number of carbonyl (C=O) groups is 1. The van der Waals surface area contributed by atoms with Gasteiger partial charge in [-0.05, 0) is 42.2 Å². The Kier molecular flexibility index (Phi) is 5.15. The van der Waals surface area contributed by atoms with Gasteiger partial charge in [-0.1, -0.05) is 23.7 Å². The first-order valence-corrected chi connectivity index (χ1v) is 7.98. The van der Waals surface area contributed by atoms with Crippen molar-refractivity contribution in [1.82, 2.24) is 4.90 Å². The Balaban J connectivity index is 2.13. The monoisotopic (exact) mass is 321 g/mol. The summed E-state index contributed by atoms with van der Waals surface area (Å²) in [7, 11) is 1.70. The molecule has 0 aliphatic heterocycles. The lowest BCUT2D eigenvalue weighted by Gasteiger charge is -2.18. The molecule has 0 fully saturated rings. The van der Waals surface area contributed by atoms with Crippen LogP contribution in [0, 0.1) is 0 Å². The predicted octanol–water partition coefficient (Wildman–Crippen LogP) is 4.04. The first-order chi connectivity index (χ1) is 10.0. The Morgan fingerprint density at radius 2 is 1.90 bits per heavy atom. The van der Waals surface area contributed by atoms with E-state index < -0.39 is 0 Å². The van der Waals surface area contributed by atoms with Crippen molar-refractivity contribution in [3.05, 3.63) is 58.6 Å². The minimum atomic E-state index is -0.260. The minimum Gasteiger partial charge on any atom is -0.507 e. The van der Waals surface area contributed by atoms with Crippen LogP contribution < -0.4 is 0 Å². The summed E-state index contributed by atoms with van der Waals surface area (Å²) in [5, 5.41) is 10.2. The number of hydrogen-bond donors (Lipinski definition) is 1. The first kappa shape index (κ1) is 15.7. The summed E-state index contributed by atoms with van der Waals surface area (Å²) in [5.41, 5.74) is 1.25. The number of hydrogen-bond acceptors (Lipinski definition) is 3. The smallest absolute Gasteiger partial charge is 0.257 e. The maximum atomic E-state index is 12.3. The largest absolute Gasteiger partial charge is 0.507 e. The van der Waals surface area contributed by atoms with Crippen LogP contribution in [0.3, 0.4) is 0 Å². The van der Waals surface area contributed by atoms with Gasteiger partial charge >= 0.3 is 0 Å². The van der Waals surface area contributed by atoms with Gasteiger partial charge in [0.2, 0.25) is 0 Å². The Labute approximate surface area is 133 Å². The van der Waals surface area contributed by atoms with Gasteiger partial charge in [0.25, 0.3) is 5.91 Å². The summed E-state index contributed by atoms with van der Waals surface area (Å²) in [4.78, 5) is 15.1. The molecule has 0 heterocycles. The molecule has 0 bridgehead atoms. The quantitative estimate of drug-likeness (QED) is 0.864. The molecule has 2 aromatic carbocycles. The zero-order chi connectivity index (χ0) is 15.4. The van der Waals surface area contributed by atoms with Crippen LogP contribution in [0.25, 0.3) is 0 Å². The molecule has 0 radical (unpaired) electrons. The van der Waals surface area contributed by atoms with E-state index in [-0.39, 0.29) is 17.2 Å². The molecule has 0 aliphatic carbocycles. The maximum absolute atomic E-state index is 12.3. The Morgan fingerprint density at radius 3 is 2.52 bits per heavy atom. The van der Waals surface area contributed by atoms with Crippen LogP contribution in [0.5, 0.6) is 5.75 Å². The second kappa shape index (κ2) is 6.87. The number of carbonyl (C=O) groups excluding carboxylic acids is 1. The van der Waals surface area contributed by atoms with E-state index in [1.807, 2.05) is 30.5 Å². The lowest BCUT2D eigenvalue weighted by molar-refractivity contribution is 0.0782. The molecule has 5 heteroatoms. The SMILES string of the molecule is CSc1ccc(CN(C)C(=O)c2cc(Cl)ccc2O)cc1. The lowest BCUT2D eigenvalue weighted by atomic mass is 10.1. The van der Waals surface area contributed by atoms with E-state index in [2.05, 4.69) is 0 Å². The van der Waals surface area contributed by atoms with Crippen LogP contribution in [-0.2, 0) is 6.54 Å². The van der Waals surface area contributed by atoms with Crippen LogP contribution >= 0.6 is 23.4 Å². The molecule has 0 unspecified atom stereocenters. The highest BCUT2D eigenvalue weighted by atomic mass is 35.5. The molecular formula is C16H16ClNO2S. The molecule has 0 saturated heterocycles. The highest BCUT2D eigenvalue weighted by Crippen LogP contribution is 2.23. The first-order valence-electron chi connectivity index (χ1n) is 6.38. The van der Waals surface area contributed by atoms with Gasteiger partial charge in [-0.3, -0.25) is 4.79 Å². The molecular weight excluding hydrogens is 306 g/mol. The average molecular weight is 322 g/mol. The highest BCUT2D eigenvalue weighted by Gasteiger charge is 2.16. The third-order valence-electron chi connectivity index (χ3n) is 3.11. The summed E-state index contributed by atoms with van der Waals surface area (Å²) in [5.74, 6) is -0.321. The van der Waals surface area contributed by atoms with Crippen molar-refractivity contribution in [3.8, 4) is 5.75 Å². The zero-order valence-electron chi connectivity index (χ0n) is 11.8. The van der Waals surface area contributed by atoms with Gasteiger partial charge in [-0.25, -0.2) is 0 Å². The number of rotatable bonds is 4. The standard InChI is InChI=1S/C16H16ClNO2S/c1-18(10-11-3-6-13(21-2)7-4-11)16(20)14-9-12(17)5-8-15(14)19/h3-9,19H,10H2,1-2H3. The van der Waals surface area contributed by atoms with Gasteiger partial charge in [-0.2, -0.15) is 0 Å². The van der Waals surface area contributed by atoms with Crippen molar-refractivity contribution < 1.29 is 9.90 Å². The van der Waals surface area contributed by atoms with E-state index >= 15 is 0 Å². The second-order valence-electron chi connectivity index (χ2n) is 4.67. The van der Waals surface area contributed by atoms with Crippen molar-refractivity contribution in [2.24, 2.45) is 0 Å². The fourth-order valence-corrected chi connectivity index (χ4v) is 2.54. The molecule has 2 aromatic rings. The van der Waals surface area contributed by atoms with E-state index in [4.69, 9.17) is 11.6 Å². The van der Waals surface area contributed by atoms with Crippen molar-refractivity contribution in [2.45, 2.75) is 11.4 Å². The molecule has 0 atom stereocenters. The number of phenolic OH excluding ortho intramolecular Hbond substituents is 1. The van der Waals surface area contributed by atoms with Gasteiger partial charge in [0, 0.05) is 23.5 Å². The fourth-order valence-electron chi connectivity index (χ4n) is 1.96. The third kappa shape index (κ3) is 3.93. The summed E-state index contributed by atoms with van der Waals surface area (Å²) in [6.07, 6.45) is 2.02. The van der Waals surface area contributed by atoms with Gasteiger partial charge in [0.15, 0.2) is 0 Å². The molecule has 3 nitrogen and oxygen atoms in total. The molecule has 21 heavy (non-hydrogen) atoms. The van der Waals surface area contributed by atoms with E-state index in [0.717, 1.165) is 5.56 Å². The van der Waals surface area contributed by atoms with Crippen LogP contribution in [-0.4, -0.2) is 29.2 Å². The number of benzene rings is 2. The minimum absolute atomic E-state index is 0.0611. The normalized spacial score (nSPS) is 10.4. The number of amides is 1. The number of nitrogens with zero attached hydrogens (tertiary/aromatic N) is 1. The summed E-state index contributed by atoms with van der Waals surface area (Å²) < 4.78 is 0. The summed E-state index contributed by atoms with van der Waals surface area (Å²) in [6, 6.07) is 12.5. The average Bonchev–Trinajstić information content (AvgIpc) is 2.49. The lowest BCUT2D eigenvalue weighted by Crippen LogP contribution is -2.26. The maximum Gasteiger partial charge on any atom is 0.257 e. The summed E-state index contributed by atoms with van der Waals surface area (Å²) in [6.45, 7) is 0.472. The molecule has 2 rings (SSSR count). The van der Waals surface area contributed by atoms with E-state index in [0.29, 0.717) is 11.6 Å². The van der Waals surface area contributed by atoms with Gasteiger partial charge in [0.05, 0.1) is 5.56 Å². The molecule has 1 amide bonds. The molecule has 110 valence electrons. The molecule has 0 spiro atoms. The van der Waals surface area contributed by atoms with Crippen molar-refractivity contribution >= 4 is 29.3 Å². The van der Waals surface area contributed by atoms with Gasteiger partial charge in [0.1, 0.15) is 5.75 Å². The second-order valence-corrected chi connectivity index (χ2v) is 5.99. The van der Waals surface area contributed by atoms with Crippen LogP contribution in [0.2, 0.25) is 5.02 Å². The fraction of sp³-hybridized carbons (Fsp3) is 0.188. The van der Waals surface area contributed by atoms with Crippen LogP contribution in [0.4, 0.5) is 0 Å².